The molecule has 10 nitrogen and oxygen atoms in total. The third-order valence-electron chi connectivity index (χ3n) is 2.89. The molecule has 0 aromatic carbocycles. The number of thiocarbonyl (C=S) groups is 1. The molecular formula is C13H16N4O6S. The summed E-state index contributed by atoms with van der Waals surface area (Å²) in [4.78, 5) is 46.0. The molecular weight excluding hydrogens is 340 g/mol. The Hall–Kier alpha value is -2.82. The van der Waals surface area contributed by atoms with E-state index in [2.05, 4.69) is 5.32 Å². The molecule has 0 aliphatic rings. The Morgan fingerprint density at radius 2 is 1.92 bits per heavy atom. The van der Waals surface area contributed by atoms with Gasteiger partial charge in [0.05, 0.1) is 17.7 Å². The number of aryl methyl sites for hydroxylation is 1. The Morgan fingerprint density at radius 3 is 2.33 bits per heavy atom. The molecule has 0 fully saturated rings. The minimum Gasteiger partial charge on any atom is -0.450 e. The van der Waals surface area contributed by atoms with Gasteiger partial charge in [0.1, 0.15) is 10.7 Å². The van der Waals surface area contributed by atoms with Crippen LogP contribution in [0.3, 0.4) is 0 Å². The number of nitro groups is 1. The van der Waals surface area contributed by atoms with Gasteiger partial charge < -0.3 is 9.30 Å². The van der Waals surface area contributed by atoms with Crippen molar-refractivity contribution in [3.8, 4) is 0 Å². The molecule has 0 saturated carbocycles. The summed E-state index contributed by atoms with van der Waals surface area (Å²) in [5.41, 5.74) is -0.828. The van der Waals surface area contributed by atoms with Crippen LogP contribution >= 0.6 is 12.2 Å². The molecule has 1 rings (SSSR count). The smallest absolute Gasteiger partial charge is 0.412 e. The maximum absolute atomic E-state index is 11.8. The predicted octanol–water partition coefficient (Wildman–Crippen LogP) is 1.25. The molecule has 24 heavy (non-hydrogen) atoms. The first-order valence-electron chi connectivity index (χ1n) is 6.74. The number of hydrogen-bond acceptors (Lipinski definition) is 7. The summed E-state index contributed by atoms with van der Waals surface area (Å²) in [7, 11) is 1.43. The van der Waals surface area contributed by atoms with E-state index in [0.29, 0.717) is 4.90 Å². The van der Waals surface area contributed by atoms with Crippen molar-refractivity contribution in [2.75, 3.05) is 11.5 Å². The molecule has 0 bridgehead atoms. The van der Waals surface area contributed by atoms with E-state index in [0.717, 1.165) is 20.0 Å². The highest BCUT2D eigenvalue weighted by atomic mass is 32.1. The van der Waals surface area contributed by atoms with Gasteiger partial charge in [-0.3, -0.25) is 25.0 Å². The molecule has 1 aromatic rings. The van der Waals surface area contributed by atoms with Crippen molar-refractivity contribution in [3.63, 3.8) is 0 Å². The van der Waals surface area contributed by atoms with Crippen LogP contribution in [0.15, 0.2) is 6.20 Å². The molecule has 0 unspecified atom stereocenters. The van der Waals surface area contributed by atoms with Crippen molar-refractivity contribution < 1.29 is 24.0 Å². The van der Waals surface area contributed by atoms with Gasteiger partial charge in [-0.25, -0.2) is 9.69 Å². The highest BCUT2D eigenvalue weighted by Crippen LogP contribution is 2.34. The largest absolute Gasteiger partial charge is 0.450 e. The van der Waals surface area contributed by atoms with E-state index in [4.69, 9.17) is 17.0 Å². The van der Waals surface area contributed by atoms with Crippen LogP contribution in [0.25, 0.3) is 0 Å². The molecule has 0 aliphatic heterocycles. The molecule has 1 aromatic heterocycles. The molecule has 0 atom stereocenters. The van der Waals surface area contributed by atoms with Crippen molar-refractivity contribution in [2.24, 2.45) is 7.05 Å². The zero-order valence-electron chi connectivity index (χ0n) is 13.5. The van der Waals surface area contributed by atoms with Crippen LogP contribution in [0, 0.1) is 10.1 Å². The van der Waals surface area contributed by atoms with Crippen LogP contribution in [0.4, 0.5) is 16.2 Å². The van der Waals surface area contributed by atoms with E-state index in [9.17, 15) is 24.5 Å². The fourth-order valence-corrected chi connectivity index (χ4v) is 2.40. The summed E-state index contributed by atoms with van der Waals surface area (Å²) in [5, 5.41) is 13.5. The fraction of sp³-hybridized carbons (Fsp3) is 0.385. The van der Waals surface area contributed by atoms with Crippen LogP contribution < -0.4 is 10.2 Å². The first kappa shape index (κ1) is 19.2. The molecule has 0 aliphatic carbocycles. The number of amides is 3. The summed E-state index contributed by atoms with van der Waals surface area (Å²) >= 11 is 5.07. The van der Waals surface area contributed by atoms with Gasteiger partial charge in [-0.15, -0.1) is 0 Å². The maximum Gasteiger partial charge on any atom is 0.412 e. The van der Waals surface area contributed by atoms with Crippen molar-refractivity contribution in [1.29, 1.82) is 0 Å². The third kappa shape index (κ3) is 3.93. The molecule has 1 N–H and O–H groups in total. The van der Waals surface area contributed by atoms with Crippen LogP contribution in [-0.4, -0.2) is 39.0 Å². The number of nitrogens with one attached hydrogen (secondary N) is 1. The molecule has 0 radical (unpaired) electrons. The van der Waals surface area contributed by atoms with Gasteiger partial charge in [0.15, 0.2) is 5.69 Å². The van der Waals surface area contributed by atoms with Crippen molar-refractivity contribution in [3.05, 3.63) is 22.0 Å². The van der Waals surface area contributed by atoms with E-state index < -0.39 is 28.5 Å². The van der Waals surface area contributed by atoms with Gasteiger partial charge in [0.25, 0.3) is 0 Å². The van der Waals surface area contributed by atoms with Crippen LogP contribution in [-0.2, 0) is 21.4 Å². The van der Waals surface area contributed by atoms with Crippen molar-refractivity contribution in [2.45, 2.75) is 20.8 Å². The topological polar surface area (TPSA) is 124 Å². The average molecular weight is 356 g/mol. The number of rotatable bonds is 4. The van der Waals surface area contributed by atoms with E-state index in [1.807, 2.05) is 0 Å². The molecule has 1 heterocycles. The Morgan fingerprint density at radius 1 is 1.38 bits per heavy atom. The van der Waals surface area contributed by atoms with Crippen LogP contribution in [0.2, 0.25) is 0 Å². The molecule has 0 spiro atoms. The highest BCUT2D eigenvalue weighted by molar-refractivity contribution is 7.80. The summed E-state index contributed by atoms with van der Waals surface area (Å²) in [6, 6.07) is 0. The van der Waals surface area contributed by atoms with E-state index in [1.165, 1.54) is 11.6 Å². The average Bonchev–Trinajstić information content (AvgIpc) is 2.75. The Balaban J connectivity index is 3.52. The lowest BCUT2D eigenvalue weighted by Gasteiger charge is -2.18. The van der Waals surface area contributed by atoms with Gasteiger partial charge in [-0.1, -0.05) is 12.2 Å². The van der Waals surface area contributed by atoms with Crippen LogP contribution in [0.1, 0.15) is 26.5 Å². The minimum absolute atomic E-state index is 0.0323. The second-order valence-corrected chi connectivity index (χ2v) is 5.04. The van der Waals surface area contributed by atoms with Crippen LogP contribution in [0.5, 0.6) is 0 Å². The lowest BCUT2D eigenvalue weighted by molar-refractivity contribution is -0.384. The first-order chi connectivity index (χ1) is 11.1. The summed E-state index contributed by atoms with van der Waals surface area (Å²) in [5.74, 6) is -1.45. The van der Waals surface area contributed by atoms with Gasteiger partial charge in [-0.05, 0) is 6.92 Å². The number of anilines is 1. The zero-order chi connectivity index (χ0) is 18.6. The van der Waals surface area contributed by atoms with Gasteiger partial charge in [-0.2, -0.15) is 0 Å². The number of aromatic nitrogens is 1. The van der Waals surface area contributed by atoms with Gasteiger partial charge >= 0.3 is 11.8 Å². The number of nitrogens with zero attached hydrogens (tertiary/aromatic N) is 3. The molecule has 0 saturated heterocycles. The second kappa shape index (κ2) is 7.64. The Bertz CT molecular complexity index is 712. The Kier molecular flexibility index (Phi) is 6.12. The number of carbonyl (C=O) groups excluding carboxylic acids is 3. The standard InChI is InChI=1S/C13H16N4O6S/c1-5-23-13(20)14-12(24)11-10(16(7(2)18)8(3)19)9(17(21)22)6-15(11)4/h6H,5H2,1-4H3,(H,14,20,24). The number of carbonyl (C=O) groups is 3. The van der Waals surface area contributed by atoms with Gasteiger partial charge in [0.2, 0.25) is 11.8 Å². The molecule has 11 heteroatoms. The van der Waals surface area contributed by atoms with Gasteiger partial charge in [0, 0.05) is 20.9 Å². The number of ether oxygens (including phenoxy) is 1. The summed E-state index contributed by atoms with van der Waals surface area (Å²) in [6.07, 6.45) is 0.248. The third-order valence-corrected chi connectivity index (χ3v) is 3.19. The quantitative estimate of drug-likeness (QED) is 0.489. The predicted molar refractivity (Wildman–Crippen MR) is 87.8 cm³/mol. The molecule has 3 amide bonds. The van der Waals surface area contributed by atoms with Crippen molar-refractivity contribution in [1.82, 2.24) is 9.88 Å². The van der Waals surface area contributed by atoms with E-state index in [-0.39, 0.29) is 23.0 Å². The normalized spacial score (nSPS) is 10.0. The minimum atomic E-state index is -0.852. The number of alkyl carbamates (subject to hydrolysis) is 1. The second-order valence-electron chi connectivity index (χ2n) is 4.63. The summed E-state index contributed by atoms with van der Waals surface area (Å²) in [6.45, 7) is 3.86. The lowest BCUT2D eigenvalue weighted by atomic mass is 10.2. The zero-order valence-corrected chi connectivity index (χ0v) is 14.3. The SMILES string of the molecule is CCOC(=O)NC(=S)c1c(N(C(C)=O)C(C)=O)c([N+](=O)[O-])cn1C. The molecule has 130 valence electrons. The lowest BCUT2D eigenvalue weighted by Crippen LogP contribution is -2.37. The highest BCUT2D eigenvalue weighted by Gasteiger charge is 2.34. The Labute approximate surface area is 142 Å². The fourth-order valence-electron chi connectivity index (χ4n) is 2.07. The first-order valence-corrected chi connectivity index (χ1v) is 7.15. The summed E-state index contributed by atoms with van der Waals surface area (Å²) < 4.78 is 5.95. The maximum atomic E-state index is 11.8. The number of imide groups is 1. The van der Waals surface area contributed by atoms with E-state index in [1.54, 1.807) is 6.92 Å². The van der Waals surface area contributed by atoms with E-state index >= 15 is 0 Å². The van der Waals surface area contributed by atoms with Crippen molar-refractivity contribution >= 4 is 46.5 Å². The number of hydrogen-bond donors (Lipinski definition) is 1. The monoisotopic (exact) mass is 356 g/mol.